The molecule has 4 aliphatic rings. The number of thiazole rings is 1. The van der Waals surface area contributed by atoms with E-state index in [-0.39, 0.29) is 64.5 Å². The maximum atomic E-state index is 14.0. The molecule has 14 heteroatoms. The molecule has 7 rings (SSSR count). The summed E-state index contributed by atoms with van der Waals surface area (Å²) in [4.78, 5) is 67.9. The number of amides is 2. The van der Waals surface area contributed by atoms with Gasteiger partial charge in [-0.3, -0.25) is 29.4 Å². The molecule has 2 aromatic carbocycles. The molecule has 3 fully saturated rings. The number of fused-ring (bicyclic) bond motifs is 9. The minimum absolute atomic E-state index is 0.0113. The molecule has 1 N–H and O–H groups in total. The number of nitro groups is 1. The number of nitrogens with zero attached hydrogens (tertiary/aromatic N) is 2. The number of rotatable bonds is 9. The topological polar surface area (TPSA) is 158 Å². The van der Waals surface area contributed by atoms with Gasteiger partial charge in [0.25, 0.3) is 5.69 Å². The minimum Gasteiger partial charge on any atom is -0.490 e. The Labute approximate surface area is 265 Å². The van der Waals surface area contributed by atoms with E-state index in [1.165, 1.54) is 29.2 Å². The molecule has 6 unspecified atom stereocenters. The van der Waals surface area contributed by atoms with Crippen molar-refractivity contribution in [2.75, 3.05) is 24.7 Å². The molecule has 3 heterocycles. The molecule has 0 radical (unpaired) electrons. The summed E-state index contributed by atoms with van der Waals surface area (Å²) in [6, 6.07) is 11.0. The zero-order valence-electron chi connectivity index (χ0n) is 24.3. The van der Waals surface area contributed by atoms with Crippen LogP contribution in [0.1, 0.15) is 36.6 Å². The third-order valence-electron chi connectivity index (χ3n) is 9.32. The number of ether oxygens (including phenoxy) is 3. The van der Waals surface area contributed by atoms with Crippen LogP contribution in [0.3, 0.4) is 0 Å². The molecule has 0 spiro atoms. The van der Waals surface area contributed by atoms with Crippen LogP contribution >= 0.6 is 23.1 Å². The van der Waals surface area contributed by atoms with E-state index in [0.29, 0.717) is 23.8 Å². The standard InChI is InChI=1S/C31H29N3O9S2/c1-3-41-20-11-14(5-10-19(20)43-13-21(35)42-4-2)22-23-17-12-18(26(23)44-28-27(22)45-31(38)32-28)25-24(17)29(36)33(30(25)37)15-6-8-16(9-7-15)34(39)40/h5-11,17-18,22-26H,3-4,12-13H2,1-2H3,(H,32,38)/t17?,18?,22-,23?,24?,25?,26?/m1/s1. The highest BCUT2D eigenvalue weighted by atomic mass is 32.2. The van der Waals surface area contributed by atoms with Crippen LogP contribution in [0.4, 0.5) is 11.4 Å². The van der Waals surface area contributed by atoms with Gasteiger partial charge in [-0.25, -0.2) is 4.79 Å². The van der Waals surface area contributed by atoms with Crippen LogP contribution in [0, 0.1) is 39.7 Å². The fourth-order valence-electron chi connectivity index (χ4n) is 7.81. The molecule has 2 aliphatic carbocycles. The van der Waals surface area contributed by atoms with E-state index in [9.17, 15) is 29.3 Å². The van der Waals surface area contributed by atoms with Gasteiger partial charge in [0.1, 0.15) is 0 Å². The van der Waals surface area contributed by atoms with Crippen LogP contribution in [0.5, 0.6) is 11.5 Å². The van der Waals surface area contributed by atoms with E-state index in [1.807, 2.05) is 19.1 Å². The molecule has 2 aliphatic heterocycles. The Morgan fingerprint density at radius 2 is 1.73 bits per heavy atom. The van der Waals surface area contributed by atoms with Gasteiger partial charge in [0.15, 0.2) is 18.1 Å². The summed E-state index contributed by atoms with van der Waals surface area (Å²) in [7, 11) is 0. The highest BCUT2D eigenvalue weighted by molar-refractivity contribution is 8.00. The first-order valence-corrected chi connectivity index (χ1v) is 16.5. The average Bonchev–Trinajstić information content (AvgIpc) is 3.75. The molecule has 3 aromatic rings. The lowest BCUT2D eigenvalue weighted by Gasteiger charge is -2.43. The first kappa shape index (κ1) is 29.5. The number of benzene rings is 2. The van der Waals surface area contributed by atoms with Gasteiger partial charge in [0, 0.05) is 28.2 Å². The molecular weight excluding hydrogens is 622 g/mol. The lowest BCUT2D eigenvalue weighted by atomic mass is 9.68. The Morgan fingerprint density at radius 1 is 1.00 bits per heavy atom. The van der Waals surface area contributed by atoms with E-state index < -0.39 is 22.7 Å². The van der Waals surface area contributed by atoms with Gasteiger partial charge in [0.2, 0.25) is 11.8 Å². The number of imide groups is 1. The number of carbonyl (C=O) groups is 3. The molecule has 7 atom stereocenters. The molecule has 2 saturated carbocycles. The average molecular weight is 652 g/mol. The van der Waals surface area contributed by atoms with Crippen LogP contribution in [0.25, 0.3) is 0 Å². The van der Waals surface area contributed by atoms with E-state index in [4.69, 9.17) is 14.2 Å². The van der Waals surface area contributed by atoms with Gasteiger partial charge in [-0.05, 0) is 67.9 Å². The Morgan fingerprint density at radius 3 is 2.42 bits per heavy atom. The van der Waals surface area contributed by atoms with Crippen molar-refractivity contribution in [1.29, 1.82) is 0 Å². The van der Waals surface area contributed by atoms with Crippen molar-refractivity contribution in [2.45, 2.75) is 36.5 Å². The monoisotopic (exact) mass is 651 g/mol. The summed E-state index contributed by atoms with van der Waals surface area (Å²) >= 11 is 2.75. The van der Waals surface area contributed by atoms with Crippen LogP contribution in [-0.4, -0.2) is 52.8 Å². The van der Waals surface area contributed by atoms with Crippen LogP contribution < -0.4 is 19.2 Å². The zero-order valence-corrected chi connectivity index (χ0v) is 25.9. The minimum atomic E-state index is -0.520. The molecule has 1 aromatic heterocycles. The quantitative estimate of drug-likeness (QED) is 0.153. The van der Waals surface area contributed by atoms with Crippen molar-refractivity contribution in [3.05, 3.63) is 72.7 Å². The smallest absolute Gasteiger partial charge is 0.344 e. The number of carbonyl (C=O) groups excluding carboxylic acids is 3. The van der Waals surface area contributed by atoms with Crippen molar-refractivity contribution in [2.24, 2.45) is 29.6 Å². The second kappa shape index (κ2) is 11.3. The van der Waals surface area contributed by atoms with Gasteiger partial charge in [-0.2, -0.15) is 0 Å². The van der Waals surface area contributed by atoms with Gasteiger partial charge in [0.05, 0.1) is 40.7 Å². The maximum Gasteiger partial charge on any atom is 0.344 e. The highest BCUT2D eigenvalue weighted by Crippen LogP contribution is 2.68. The SMILES string of the molecule is CCOC(=O)COc1ccc([C@H]2c3sc(=O)[nH]c3SC3C4CC(C5C(=O)N(c6ccc([N+](=O)[O-])cc6)C(=O)C45)C32)cc1OCC. The number of anilines is 1. The third kappa shape index (κ3) is 4.73. The number of nitrogens with one attached hydrogen (secondary N) is 1. The summed E-state index contributed by atoms with van der Waals surface area (Å²) in [5.41, 5.74) is 1.11. The summed E-state index contributed by atoms with van der Waals surface area (Å²) < 4.78 is 16.6. The fourth-order valence-corrected chi connectivity index (χ4v) is 10.7. The predicted molar refractivity (Wildman–Crippen MR) is 164 cm³/mol. The molecule has 2 bridgehead atoms. The Hall–Kier alpha value is -4.17. The second-order valence-corrected chi connectivity index (χ2v) is 13.7. The second-order valence-electron chi connectivity index (χ2n) is 11.5. The van der Waals surface area contributed by atoms with Gasteiger partial charge >= 0.3 is 10.8 Å². The van der Waals surface area contributed by atoms with Gasteiger partial charge in [-0.15, -0.1) is 11.8 Å². The van der Waals surface area contributed by atoms with Crippen LogP contribution in [0.15, 0.2) is 52.3 Å². The zero-order chi connectivity index (χ0) is 31.6. The van der Waals surface area contributed by atoms with Crippen molar-refractivity contribution in [3.8, 4) is 11.5 Å². The Balaban J connectivity index is 1.24. The van der Waals surface area contributed by atoms with E-state index in [2.05, 4.69) is 4.98 Å². The molecule has 12 nitrogen and oxygen atoms in total. The lowest BCUT2D eigenvalue weighted by molar-refractivity contribution is -0.384. The predicted octanol–water partition coefficient (Wildman–Crippen LogP) is 4.36. The number of aromatic nitrogens is 1. The number of nitro benzene ring substituents is 1. The number of thioether (sulfide) groups is 1. The number of hydrogen-bond acceptors (Lipinski definition) is 11. The van der Waals surface area contributed by atoms with Crippen LogP contribution in [-0.2, 0) is 19.1 Å². The van der Waals surface area contributed by atoms with Crippen molar-refractivity contribution >= 4 is 52.3 Å². The molecular formula is C31H29N3O9S2. The first-order chi connectivity index (χ1) is 21.7. The Kier molecular flexibility index (Phi) is 7.43. The number of esters is 1. The van der Waals surface area contributed by atoms with E-state index in [1.54, 1.807) is 24.8 Å². The summed E-state index contributed by atoms with van der Waals surface area (Å²) in [5, 5.41) is 11.9. The normalized spacial score (nSPS) is 27.6. The summed E-state index contributed by atoms with van der Waals surface area (Å²) in [6.45, 7) is 3.90. The largest absolute Gasteiger partial charge is 0.490 e. The number of hydrogen-bond donors (Lipinski definition) is 1. The number of non-ortho nitro benzene ring substituents is 1. The summed E-state index contributed by atoms with van der Waals surface area (Å²) in [6.07, 6.45) is 0.720. The molecule has 1 saturated heterocycles. The first-order valence-electron chi connectivity index (χ1n) is 14.8. The van der Waals surface area contributed by atoms with E-state index in [0.717, 1.165) is 33.2 Å². The van der Waals surface area contributed by atoms with Gasteiger partial charge < -0.3 is 19.2 Å². The molecule has 2 amide bonds. The number of H-pyrrole nitrogens is 1. The van der Waals surface area contributed by atoms with Crippen LogP contribution in [0.2, 0.25) is 0 Å². The molecule has 234 valence electrons. The lowest BCUT2D eigenvalue weighted by Crippen LogP contribution is -2.42. The Bertz CT molecular complexity index is 1770. The van der Waals surface area contributed by atoms with E-state index >= 15 is 0 Å². The maximum absolute atomic E-state index is 14.0. The van der Waals surface area contributed by atoms with Crippen molar-refractivity contribution < 1.29 is 33.5 Å². The third-order valence-corrected chi connectivity index (χ3v) is 11.9. The molecule has 45 heavy (non-hydrogen) atoms. The van der Waals surface area contributed by atoms with Gasteiger partial charge in [-0.1, -0.05) is 17.4 Å². The van der Waals surface area contributed by atoms with Crippen molar-refractivity contribution in [3.63, 3.8) is 0 Å². The fraction of sp³-hybridized carbons (Fsp3) is 0.419. The number of aromatic amines is 1. The summed E-state index contributed by atoms with van der Waals surface area (Å²) in [5.74, 6) is -1.66. The van der Waals surface area contributed by atoms with Crippen molar-refractivity contribution in [1.82, 2.24) is 4.98 Å². The highest BCUT2D eigenvalue weighted by Gasteiger charge is 2.69.